The summed E-state index contributed by atoms with van der Waals surface area (Å²) in [5, 5.41) is 8.23. The highest BCUT2D eigenvalue weighted by Gasteiger charge is 2.41. The van der Waals surface area contributed by atoms with E-state index in [0.717, 1.165) is 46.6 Å². The zero-order chi connectivity index (χ0) is 20.7. The average Bonchev–Trinajstić information content (AvgIpc) is 3.34. The summed E-state index contributed by atoms with van der Waals surface area (Å²) in [4.78, 5) is 28.3. The first-order valence-electron chi connectivity index (χ1n) is 10.4. The number of hydrogen-bond acceptors (Lipinski definition) is 5. The van der Waals surface area contributed by atoms with Crippen molar-refractivity contribution >= 4 is 34.5 Å². The number of rotatable bonds is 5. The van der Waals surface area contributed by atoms with Gasteiger partial charge in [-0.25, -0.2) is 0 Å². The summed E-state index contributed by atoms with van der Waals surface area (Å²) in [6.07, 6.45) is 5.12. The number of imide groups is 1. The lowest BCUT2D eigenvalue weighted by molar-refractivity contribution is 0.0448. The first-order valence-corrected chi connectivity index (χ1v) is 11.4. The molecule has 1 fully saturated rings. The van der Waals surface area contributed by atoms with Gasteiger partial charge in [-0.3, -0.25) is 19.6 Å². The monoisotopic (exact) mass is 421 g/mol. The number of benzene rings is 2. The van der Waals surface area contributed by atoms with Crippen molar-refractivity contribution in [2.75, 3.05) is 5.75 Å². The topological polar surface area (TPSA) is 75.3 Å². The molecule has 30 heavy (non-hydrogen) atoms. The molecule has 6 nitrogen and oxygen atoms in total. The van der Waals surface area contributed by atoms with Crippen LogP contribution >= 0.6 is 11.8 Å². The molecule has 2 atom stereocenters. The third-order valence-corrected chi connectivity index (χ3v) is 6.91. The standard InChI is InChI=1S/C23H23N3O3S/c1-2-30-21-18-13-24-25-19(18)10-11-20(21)29-15-7-5-6-14(12-15)26-22(27)16-8-3-4-9-17(16)23(26)28/h3-4,8-11,13-15H,2,5-7,12H2,1H3,(H,24,25)/t14-,15+/m0/s1. The number of carbonyl (C=O) groups is 2. The number of fused-ring (bicyclic) bond motifs is 2. The van der Waals surface area contributed by atoms with E-state index >= 15 is 0 Å². The Kier molecular flexibility index (Phi) is 4.98. The maximum absolute atomic E-state index is 12.9. The van der Waals surface area contributed by atoms with Gasteiger partial charge in [0.25, 0.3) is 11.8 Å². The fraction of sp³-hybridized carbons (Fsp3) is 0.348. The number of nitrogens with one attached hydrogen (secondary N) is 1. The molecule has 0 spiro atoms. The van der Waals surface area contributed by atoms with Gasteiger partial charge in [0.15, 0.2) is 0 Å². The lowest BCUT2D eigenvalue weighted by Gasteiger charge is -2.34. The number of thioether (sulfide) groups is 1. The zero-order valence-corrected chi connectivity index (χ0v) is 17.6. The van der Waals surface area contributed by atoms with Crippen LogP contribution in [-0.4, -0.2) is 44.8 Å². The van der Waals surface area contributed by atoms with Gasteiger partial charge in [0, 0.05) is 17.8 Å². The lowest BCUT2D eigenvalue weighted by Crippen LogP contribution is -2.44. The molecule has 0 unspecified atom stereocenters. The van der Waals surface area contributed by atoms with E-state index < -0.39 is 0 Å². The van der Waals surface area contributed by atoms with Crippen LogP contribution in [0, 0.1) is 0 Å². The molecule has 0 saturated heterocycles. The van der Waals surface area contributed by atoms with Gasteiger partial charge in [-0.15, -0.1) is 11.8 Å². The van der Waals surface area contributed by atoms with Gasteiger partial charge in [-0.2, -0.15) is 5.10 Å². The Labute approximate surface area is 179 Å². The largest absolute Gasteiger partial charge is 0.489 e. The van der Waals surface area contributed by atoms with Gasteiger partial charge < -0.3 is 4.74 Å². The van der Waals surface area contributed by atoms with Crippen molar-refractivity contribution < 1.29 is 14.3 Å². The van der Waals surface area contributed by atoms with Crippen LogP contribution in [0.25, 0.3) is 10.9 Å². The molecule has 7 heteroatoms. The predicted molar refractivity (Wildman–Crippen MR) is 116 cm³/mol. The Bertz CT molecular complexity index is 1090. The van der Waals surface area contributed by atoms with E-state index in [0.29, 0.717) is 17.5 Å². The Morgan fingerprint density at radius 2 is 1.90 bits per heavy atom. The molecule has 5 rings (SSSR count). The maximum Gasteiger partial charge on any atom is 0.261 e. The molecule has 1 aliphatic heterocycles. The van der Waals surface area contributed by atoms with Crippen molar-refractivity contribution in [2.45, 2.75) is 49.6 Å². The number of aromatic amines is 1. The Morgan fingerprint density at radius 3 is 2.63 bits per heavy atom. The minimum atomic E-state index is -0.178. The first-order chi connectivity index (χ1) is 14.7. The number of hydrogen-bond donors (Lipinski definition) is 1. The van der Waals surface area contributed by atoms with Gasteiger partial charge in [-0.05, 0) is 49.3 Å². The summed E-state index contributed by atoms with van der Waals surface area (Å²) in [6.45, 7) is 2.12. The summed E-state index contributed by atoms with van der Waals surface area (Å²) < 4.78 is 6.44. The fourth-order valence-corrected chi connectivity index (χ4v) is 5.40. The number of aromatic nitrogens is 2. The van der Waals surface area contributed by atoms with Gasteiger partial charge in [0.05, 0.1) is 27.7 Å². The van der Waals surface area contributed by atoms with Crippen LogP contribution in [0.1, 0.15) is 53.3 Å². The van der Waals surface area contributed by atoms with Gasteiger partial charge >= 0.3 is 0 Å². The molecule has 2 amide bonds. The SMILES string of the molecule is CCSc1c(O[C@@H]2CCC[C@H](N3C(=O)c4ccccc4C3=O)C2)ccc2[nH]ncc12. The molecule has 3 aromatic rings. The third-order valence-electron chi connectivity index (χ3n) is 5.91. The first kappa shape index (κ1) is 19.2. The molecule has 2 aliphatic rings. The van der Waals surface area contributed by atoms with Crippen molar-refractivity contribution in [3.05, 3.63) is 53.7 Å². The highest BCUT2D eigenvalue weighted by Crippen LogP contribution is 2.38. The average molecular weight is 422 g/mol. The lowest BCUT2D eigenvalue weighted by atomic mass is 9.91. The van der Waals surface area contributed by atoms with Crippen molar-refractivity contribution in [3.8, 4) is 5.75 Å². The molecule has 0 radical (unpaired) electrons. The fourth-order valence-electron chi connectivity index (χ4n) is 4.54. The van der Waals surface area contributed by atoms with Gasteiger partial charge in [-0.1, -0.05) is 19.1 Å². The van der Waals surface area contributed by atoms with Crippen molar-refractivity contribution in [1.29, 1.82) is 0 Å². The van der Waals surface area contributed by atoms with Crippen LogP contribution in [0.3, 0.4) is 0 Å². The van der Waals surface area contributed by atoms with Crippen molar-refractivity contribution in [3.63, 3.8) is 0 Å². The van der Waals surface area contributed by atoms with E-state index in [1.165, 1.54) is 4.90 Å². The van der Waals surface area contributed by atoms with E-state index in [9.17, 15) is 9.59 Å². The minimum Gasteiger partial charge on any atom is -0.489 e. The maximum atomic E-state index is 12.9. The second-order valence-corrected chi connectivity index (χ2v) is 9.02. The summed E-state index contributed by atoms with van der Waals surface area (Å²) in [7, 11) is 0. The summed E-state index contributed by atoms with van der Waals surface area (Å²) in [5.74, 6) is 1.43. The Morgan fingerprint density at radius 1 is 1.13 bits per heavy atom. The third kappa shape index (κ3) is 3.17. The smallest absolute Gasteiger partial charge is 0.261 e. The summed E-state index contributed by atoms with van der Waals surface area (Å²) in [5.41, 5.74) is 2.01. The van der Waals surface area contributed by atoms with Crippen molar-refractivity contribution in [1.82, 2.24) is 15.1 Å². The highest BCUT2D eigenvalue weighted by atomic mass is 32.2. The molecular weight excluding hydrogens is 398 g/mol. The quantitative estimate of drug-likeness (QED) is 0.479. The second kappa shape index (κ2) is 7.80. The van der Waals surface area contributed by atoms with E-state index in [1.54, 1.807) is 36.0 Å². The number of H-pyrrole nitrogens is 1. The van der Waals surface area contributed by atoms with Crippen LogP contribution in [0.15, 0.2) is 47.5 Å². The molecular formula is C23H23N3O3S. The molecule has 1 aliphatic carbocycles. The summed E-state index contributed by atoms with van der Waals surface area (Å²) in [6, 6.07) is 10.9. The zero-order valence-electron chi connectivity index (χ0n) is 16.8. The van der Waals surface area contributed by atoms with Gasteiger partial charge in [0.2, 0.25) is 0 Å². The molecule has 1 N–H and O–H groups in total. The van der Waals surface area contributed by atoms with E-state index in [1.807, 2.05) is 18.3 Å². The normalized spacial score (nSPS) is 21.3. The van der Waals surface area contributed by atoms with E-state index in [4.69, 9.17) is 4.74 Å². The molecule has 2 aromatic carbocycles. The van der Waals surface area contributed by atoms with E-state index in [-0.39, 0.29) is 24.0 Å². The van der Waals surface area contributed by atoms with Gasteiger partial charge in [0.1, 0.15) is 11.9 Å². The van der Waals surface area contributed by atoms with Crippen LogP contribution in [0.4, 0.5) is 0 Å². The van der Waals surface area contributed by atoms with E-state index in [2.05, 4.69) is 17.1 Å². The van der Waals surface area contributed by atoms with Crippen LogP contribution < -0.4 is 4.74 Å². The molecule has 154 valence electrons. The Balaban J connectivity index is 1.37. The summed E-state index contributed by atoms with van der Waals surface area (Å²) >= 11 is 1.74. The number of nitrogens with zero attached hydrogens (tertiary/aromatic N) is 2. The highest BCUT2D eigenvalue weighted by molar-refractivity contribution is 7.99. The minimum absolute atomic E-state index is 0.0337. The second-order valence-electron chi connectivity index (χ2n) is 7.74. The number of ether oxygens (including phenoxy) is 1. The molecule has 1 saturated carbocycles. The van der Waals surface area contributed by atoms with Crippen molar-refractivity contribution in [2.24, 2.45) is 0 Å². The van der Waals surface area contributed by atoms with Crippen LogP contribution in [0.2, 0.25) is 0 Å². The van der Waals surface area contributed by atoms with Crippen LogP contribution in [-0.2, 0) is 0 Å². The van der Waals surface area contributed by atoms with Crippen LogP contribution in [0.5, 0.6) is 5.75 Å². The molecule has 1 aromatic heterocycles. The molecule has 0 bridgehead atoms. The Hall–Kier alpha value is -2.80. The number of amides is 2. The molecule has 2 heterocycles. The number of carbonyl (C=O) groups excluding carboxylic acids is 2. The predicted octanol–water partition coefficient (Wildman–Crippen LogP) is 4.66.